The highest BCUT2D eigenvalue weighted by atomic mass is 32.1. The van der Waals surface area contributed by atoms with Gasteiger partial charge in [-0.2, -0.15) is 15.0 Å². The summed E-state index contributed by atoms with van der Waals surface area (Å²) in [4.78, 5) is 1.52. The van der Waals surface area contributed by atoms with E-state index in [0.29, 0.717) is 42.4 Å². The van der Waals surface area contributed by atoms with Gasteiger partial charge in [0.15, 0.2) is 22.0 Å². The predicted octanol–water partition coefficient (Wildman–Crippen LogP) is 1.32. The zero-order valence-corrected chi connectivity index (χ0v) is 20.3. The van der Waals surface area contributed by atoms with Crippen LogP contribution in [0.5, 0.6) is 0 Å². The number of nitrogens with zero attached hydrogens (tertiary/aromatic N) is 8. The molecule has 0 aliphatic carbocycles. The molecule has 34 heavy (non-hydrogen) atoms. The van der Waals surface area contributed by atoms with Crippen molar-refractivity contribution in [3.05, 3.63) is 40.4 Å². The molecule has 0 saturated carbocycles. The Hall–Kier alpha value is -3.07. The van der Waals surface area contributed by atoms with E-state index in [-0.39, 0.29) is 17.3 Å². The van der Waals surface area contributed by atoms with E-state index in [1.165, 1.54) is 10.4 Å². The van der Waals surface area contributed by atoms with Crippen molar-refractivity contribution in [2.45, 2.75) is 51.8 Å². The molecule has 14 heteroatoms. The summed E-state index contributed by atoms with van der Waals surface area (Å²) in [5.74, 6) is 1.28. The van der Waals surface area contributed by atoms with E-state index in [2.05, 4.69) is 25.9 Å². The molecule has 12 nitrogen and oxygen atoms in total. The second kappa shape index (κ2) is 9.29. The fraction of sp³-hybridized carbons (Fsp3) is 0.450. The molecule has 2 aliphatic rings. The summed E-state index contributed by atoms with van der Waals surface area (Å²) in [5.41, 5.74) is 10.9. The zero-order valence-electron chi connectivity index (χ0n) is 18.7. The Labute approximate surface area is 205 Å². The SMILES string of the molecule is CCn1c(Cn2nnc(-c3ccc(C)cc3)n2)nn(C2C/C(=N/NC(N)=S)C3OCC2O3)c1=S. The molecule has 3 atom stereocenters. The molecule has 3 N–H and O–H groups in total. The number of hydrogen-bond donors (Lipinski definition) is 2. The molecule has 2 aromatic heterocycles. The molecule has 2 aliphatic heterocycles. The van der Waals surface area contributed by atoms with Gasteiger partial charge in [-0.3, -0.25) is 5.43 Å². The van der Waals surface area contributed by atoms with Crippen molar-refractivity contribution in [1.29, 1.82) is 0 Å². The van der Waals surface area contributed by atoms with Crippen molar-refractivity contribution in [2.75, 3.05) is 6.61 Å². The summed E-state index contributed by atoms with van der Waals surface area (Å²) in [5, 5.41) is 22.1. The summed E-state index contributed by atoms with van der Waals surface area (Å²) >= 11 is 10.6. The van der Waals surface area contributed by atoms with Gasteiger partial charge in [-0.05, 0) is 43.5 Å². The first-order chi connectivity index (χ1) is 16.4. The maximum absolute atomic E-state index is 5.99. The number of thiocarbonyl (C=S) groups is 1. The number of nitrogens with two attached hydrogens (primary N) is 1. The van der Waals surface area contributed by atoms with Crippen LogP contribution in [0.3, 0.4) is 0 Å². The lowest BCUT2D eigenvalue weighted by Gasteiger charge is -2.28. The van der Waals surface area contributed by atoms with Crippen LogP contribution in [0.2, 0.25) is 0 Å². The average molecular weight is 501 g/mol. The predicted molar refractivity (Wildman–Crippen MR) is 129 cm³/mol. The minimum absolute atomic E-state index is 0.0728. The van der Waals surface area contributed by atoms with Crippen LogP contribution in [0.15, 0.2) is 29.4 Å². The Morgan fingerprint density at radius 2 is 2.09 bits per heavy atom. The molecule has 2 bridgehead atoms. The molecule has 2 saturated heterocycles. The van der Waals surface area contributed by atoms with Crippen molar-refractivity contribution in [3.63, 3.8) is 0 Å². The molecular formula is C20H24N10O2S2. The van der Waals surface area contributed by atoms with Crippen LogP contribution < -0.4 is 11.2 Å². The lowest BCUT2D eigenvalue weighted by Crippen LogP contribution is -2.39. The van der Waals surface area contributed by atoms with Crippen LogP contribution in [0.1, 0.15) is 30.8 Å². The summed E-state index contributed by atoms with van der Waals surface area (Å²) < 4.78 is 16.1. The number of hydrogen-bond acceptors (Lipinski definition) is 9. The number of rotatable bonds is 6. The van der Waals surface area contributed by atoms with Gasteiger partial charge in [0.1, 0.15) is 12.6 Å². The lowest BCUT2D eigenvalue weighted by molar-refractivity contribution is -0.0323. The van der Waals surface area contributed by atoms with Gasteiger partial charge >= 0.3 is 0 Å². The lowest BCUT2D eigenvalue weighted by atomic mass is 10.0. The van der Waals surface area contributed by atoms with Crippen LogP contribution >= 0.6 is 24.4 Å². The second-order valence-corrected chi connectivity index (χ2v) is 8.89. The number of ether oxygens (including phenoxy) is 2. The Balaban J connectivity index is 1.41. The summed E-state index contributed by atoms with van der Waals surface area (Å²) in [6.45, 7) is 5.44. The third-order valence-electron chi connectivity index (χ3n) is 5.78. The van der Waals surface area contributed by atoms with Gasteiger partial charge < -0.3 is 19.8 Å². The van der Waals surface area contributed by atoms with Crippen molar-refractivity contribution in [3.8, 4) is 11.4 Å². The first kappa shape index (κ1) is 22.7. The van der Waals surface area contributed by atoms with Gasteiger partial charge in [0.25, 0.3) is 0 Å². The largest absolute Gasteiger partial charge is 0.375 e. The van der Waals surface area contributed by atoms with Gasteiger partial charge in [-0.25, -0.2) is 4.68 Å². The fourth-order valence-electron chi connectivity index (χ4n) is 4.07. The molecule has 178 valence electrons. The van der Waals surface area contributed by atoms with E-state index >= 15 is 0 Å². The van der Waals surface area contributed by atoms with Crippen molar-refractivity contribution in [2.24, 2.45) is 10.8 Å². The van der Waals surface area contributed by atoms with E-state index in [9.17, 15) is 0 Å². The summed E-state index contributed by atoms with van der Waals surface area (Å²) in [7, 11) is 0. The zero-order chi connectivity index (χ0) is 23.8. The maximum atomic E-state index is 5.99. The van der Waals surface area contributed by atoms with E-state index in [1.54, 1.807) is 4.68 Å². The van der Waals surface area contributed by atoms with Gasteiger partial charge in [0.2, 0.25) is 5.82 Å². The Morgan fingerprint density at radius 3 is 2.82 bits per heavy atom. The Bertz CT molecular complexity index is 1300. The molecule has 3 aromatic rings. The van der Waals surface area contributed by atoms with Crippen LogP contribution in [0.4, 0.5) is 0 Å². The third-order valence-corrected chi connectivity index (χ3v) is 6.28. The highest BCUT2D eigenvalue weighted by Gasteiger charge is 2.44. The summed E-state index contributed by atoms with van der Waals surface area (Å²) in [6, 6.07) is 7.80. The van der Waals surface area contributed by atoms with E-state index in [1.807, 2.05) is 42.7 Å². The molecule has 0 amide bonds. The number of tetrazole rings is 1. The first-order valence-corrected chi connectivity index (χ1v) is 11.7. The van der Waals surface area contributed by atoms with E-state index in [4.69, 9.17) is 44.7 Å². The number of nitrogens with one attached hydrogen (secondary N) is 1. The summed E-state index contributed by atoms with van der Waals surface area (Å²) in [6.07, 6.45) is -0.172. The number of hydrazone groups is 1. The van der Waals surface area contributed by atoms with Crippen LogP contribution in [0, 0.1) is 11.7 Å². The molecule has 0 radical (unpaired) electrons. The molecule has 0 spiro atoms. The fourth-order valence-corrected chi connectivity index (χ4v) is 4.52. The second-order valence-electron chi connectivity index (χ2n) is 8.09. The third kappa shape index (κ3) is 4.36. The molecule has 5 rings (SSSR count). The molecule has 2 fully saturated rings. The molecule has 1 aromatic carbocycles. The average Bonchev–Trinajstić information content (AvgIpc) is 3.53. The minimum Gasteiger partial charge on any atom is -0.375 e. The monoisotopic (exact) mass is 500 g/mol. The van der Waals surface area contributed by atoms with Gasteiger partial charge in [0.05, 0.1) is 18.4 Å². The first-order valence-electron chi connectivity index (χ1n) is 10.8. The van der Waals surface area contributed by atoms with Gasteiger partial charge in [-0.1, -0.05) is 29.8 Å². The van der Waals surface area contributed by atoms with Gasteiger partial charge in [-0.15, -0.1) is 10.2 Å². The normalized spacial score (nSPS) is 22.9. The minimum atomic E-state index is -0.524. The van der Waals surface area contributed by atoms with Crippen LogP contribution in [-0.2, 0) is 22.6 Å². The Kier molecular flexibility index (Phi) is 6.20. The topological polar surface area (TPSA) is 135 Å². The smallest absolute Gasteiger partial charge is 0.204 e. The van der Waals surface area contributed by atoms with Crippen molar-refractivity contribution in [1.82, 2.24) is 40.0 Å². The molecular weight excluding hydrogens is 476 g/mol. The van der Waals surface area contributed by atoms with Crippen molar-refractivity contribution < 1.29 is 9.47 Å². The number of aryl methyl sites for hydroxylation is 1. The molecule has 3 unspecified atom stereocenters. The Morgan fingerprint density at radius 1 is 1.29 bits per heavy atom. The standard InChI is InChI=1S/C20H24N10O2S2/c1-3-28-16(9-29-26-17(23-27-29)12-6-4-11(2)5-7-12)25-30(20(28)34)14-8-13(22-24-19(21)33)18-31-10-15(14)32-18/h4-7,14-15,18H,3,8-10H2,1-2H3,(H3,21,24,33)/b22-13-. The van der Waals surface area contributed by atoms with Crippen LogP contribution in [0.25, 0.3) is 11.4 Å². The van der Waals surface area contributed by atoms with E-state index in [0.717, 1.165) is 11.4 Å². The van der Waals surface area contributed by atoms with Crippen molar-refractivity contribution >= 4 is 35.3 Å². The molecule has 4 heterocycles. The van der Waals surface area contributed by atoms with Crippen LogP contribution in [-0.4, -0.2) is 64.4 Å². The van der Waals surface area contributed by atoms with Gasteiger partial charge in [0, 0.05) is 18.5 Å². The van der Waals surface area contributed by atoms with E-state index < -0.39 is 6.29 Å². The highest BCUT2D eigenvalue weighted by molar-refractivity contribution is 7.80. The quantitative estimate of drug-likeness (QED) is 0.377. The number of fused-ring (bicyclic) bond motifs is 2. The number of aromatic nitrogens is 7. The highest BCUT2D eigenvalue weighted by Crippen LogP contribution is 2.33. The number of benzene rings is 1. The maximum Gasteiger partial charge on any atom is 0.204 e.